The smallest absolute Gasteiger partial charge is 0.321 e. The number of piperidine rings is 1. The number of aromatic nitrogens is 2. The van der Waals surface area contributed by atoms with Gasteiger partial charge in [-0.3, -0.25) is 0 Å². The fourth-order valence-corrected chi connectivity index (χ4v) is 3.71. The second-order valence-electron chi connectivity index (χ2n) is 7.47. The molecule has 2 aromatic carbocycles. The second kappa shape index (κ2) is 8.98. The number of hydrogen-bond acceptors (Lipinski definition) is 5. The SMILES string of the molecule is CCOc1ccccc1NC(=O)N1CCCC(c2nc(-c3cccc(C)c3)no2)C1. The van der Waals surface area contributed by atoms with Gasteiger partial charge in [-0.05, 0) is 44.9 Å². The maximum Gasteiger partial charge on any atom is 0.321 e. The lowest BCUT2D eigenvalue weighted by atomic mass is 9.98. The molecule has 7 heteroatoms. The number of ether oxygens (including phenoxy) is 1. The molecule has 7 nitrogen and oxygen atoms in total. The highest BCUT2D eigenvalue weighted by Crippen LogP contribution is 2.29. The number of nitrogens with one attached hydrogen (secondary N) is 1. The zero-order chi connectivity index (χ0) is 20.9. The molecule has 3 aromatic rings. The van der Waals surface area contributed by atoms with Crippen LogP contribution in [-0.4, -0.2) is 40.8 Å². The number of nitrogens with zero attached hydrogens (tertiary/aromatic N) is 3. The van der Waals surface area contributed by atoms with Crippen LogP contribution < -0.4 is 10.1 Å². The third kappa shape index (κ3) is 4.45. The summed E-state index contributed by atoms with van der Waals surface area (Å²) in [6.45, 7) is 5.73. The first-order valence-electron chi connectivity index (χ1n) is 10.3. The Hall–Kier alpha value is -3.35. The summed E-state index contributed by atoms with van der Waals surface area (Å²) in [5, 5.41) is 7.12. The van der Waals surface area contributed by atoms with Crippen molar-refractivity contribution in [1.29, 1.82) is 0 Å². The van der Waals surface area contributed by atoms with E-state index in [9.17, 15) is 4.79 Å². The molecule has 156 valence electrons. The fourth-order valence-electron chi connectivity index (χ4n) is 3.71. The largest absolute Gasteiger partial charge is 0.492 e. The van der Waals surface area contributed by atoms with Crippen LogP contribution in [0.5, 0.6) is 5.75 Å². The maximum atomic E-state index is 12.9. The van der Waals surface area contributed by atoms with E-state index in [1.165, 1.54) is 0 Å². The lowest BCUT2D eigenvalue weighted by Gasteiger charge is -2.31. The average molecular weight is 406 g/mol. The van der Waals surface area contributed by atoms with Gasteiger partial charge in [0.25, 0.3) is 0 Å². The highest BCUT2D eigenvalue weighted by molar-refractivity contribution is 5.91. The van der Waals surface area contributed by atoms with E-state index >= 15 is 0 Å². The van der Waals surface area contributed by atoms with Gasteiger partial charge >= 0.3 is 6.03 Å². The van der Waals surface area contributed by atoms with Crippen LogP contribution >= 0.6 is 0 Å². The number of para-hydroxylation sites is 2. The predicted molar refractivity (Wildman–Crippen MR) is 115 cm³/mol. The zero-order valence-corrected chi connectivity index (χ0v) is 17.3. The number of benzene rings is 2. The van der Waals surface area contributed by atoms with E-state index in [4.69, 9.17) is 9.26 Å². The van der Waals surface area contributed by atoms with Crippen LogP contribution in [0.4, 0.5) is 10.5 Å². The number of likely N-dealkylation sites (tertiary alicyclic amines) is 1. The Balaban J connectivity index is 1.44. The molecule has 4 rings (SSSR count). The van der Waals surface area contributed by atoms with E-state index < -0.39 is 0 Å². The van der Waals surface area contributed by atoms with Crippen molar-refractivity contribution in [3.05, 3.63) is 60.0 Å². The van der Waals surface area contributed by atoms with Gasteiger partial charge in [-0.25, -0.2) is 4.79 Å². The molecule has 0 radical (unpaired) electrons. The quantitative estimate of drug-likeness (QED) is 0.655. The fraction of sp³-hybridized carbons (Fsp3) is 0.348. The topological polar surface area (TPSA) is 80.5 Å². The van der Waals surface area contributed by atoms with Crippen LogP contribution in [0.15, 0.2) is 53.1 Å². The third-order valence-electron chi connectivity index (χ3n) is 5.20. The van der Waals surface area contributed by atoms with Crippen molar-refractivity contribution >= 4 is 11.7 Å². The van der Waals surface area contributed by atoms with Crippen LogP contribution in [0.2, 0.25) is 0 Å². The predicted octanol–water partition coefficient (Wildman–Crippen LogP) is 4.86. The molecule has 1 atom stereocenters. The summed E-state index contributed by atoms with van der Waals surface area (Å²) in [5.41, 5.74) is 2.75. The van der Waals surface area contributed by atoms with E-state index in [-0.39, 0.29) is 11.9 Å². The molecule has 0 spiro atoms. The van der Waals surface area contributed by atoms with Gasteiger partial charge in [0.1, 0.15) is 5.75 Å². The maximum absolute atomic E-state index is 12.9. The molecule has 0 saturated carbocycles. The van der Waals surface area contributed by atoms with Gasteiger partial charge in [0.05, 0.1) is 18.2 Å². The molecule has 1 aliphatic rings. The monoisotopic (exact) mass is 406 g/mol. The van der Waals surface area contributed by atoms with E-state index in [1.54, 1.807) is 4.90 Å². The van der Waals surface area contributed by atoms with Crippen molar-refractivity contribution in [3.8, 4) is 17.1 Å². The molecule has 0 aliphatic carbocycles. The minimum absolute atomic E-state index is 0.0256. The Labute approximate surface area is 176 Å². The molecule has 2 amide bonds. The van der Waals surface area contributed by atoms with E-state index in [2.05, 4.69) is 15.5 Å². The molecule has 1 unspecified atom stereocenters. The summed E-state index contributed by atoms with van der Waals surface area (Å²) >= 11 is 0. The lowest BCUT2D eigenvalue weighted by Crippen LogP contribution is -2.41. The Kier molecular flexibility index (Phi) is 5.97. The number of carbonyl (C=O) groups excluding carboxylic acids is 1. The van der Waals surface area contributed by atoms with Gasteiger partial charge in [-0.1, -0.05) is 41.1 Å². The molecule has 1 saturated heterocycles. The standard InChI is InChI=1S/C23H26N4O3/c1-3-29-20-12-5-4-11-19(20)24-23(28)27-13-7-10-18(15-27)22-25-21(26-30-22)17-9-6-8-16(2)14-17/h4-6,8-9,11-12,14,18H,3,7,10,13,15H2,1-2H3,(H,24,28). The summed E-state index contributed by atoms with van der Waals surface area (Å²) < 4.78 is 11.2. The molecule has 1 aromatic heterocycles. The van der Waals surface area contributed by atoms with Crippen molar-refractivity contribution < 1.29 is 14.1 Å². The van der Waals surface area contributed by atoms with Crippen LogP contribution in [0.3, 0.4) is 0 Å². The molecule has 1 fully saturated rings. The summed E-state index contributed by atoms with van der Waals surface area (Å²) in [7, 11) is 0. The summed E-state index contributed by atoms with van der Waals surface area (Å²) in [6.07, 6.45) is 1.79. The lowest BCUT2D eigenvalue weighted by molar-refractivity contribution is 0.184. The van der Waals surface area contributed by atoms with Gasteiger partial charge in [-0.2, -0.15) is 4.98 Å². The minimum atomic E-state index is -0.148. The number of hydrogen-bond donors (Lipinski definition) is 1. The van der Waals surface area contributed by atoms with Crippen molar-refractivity contribution in [2.24, 2.45) is 0 Å². The average Bonchev–Trinajstić information content (AvgIpc) is 3.26. The van der Waals surface area contributed by atoms with Crippen LogP contribution in [-0.2, 0) is 0 Å². The van der Waals surface area contributed by atoms with Crippen molar-refractivity contribution in [2.45, 2.75) is 32.6 Å². The van der Waals surface area contributed by atoms with Gasteiger partial charge in [-0.15, -0.1) is 0 Å². The van der Waals surface area contributed by atoms with Crippen LogP contribution in [0.1, 0.15) is 37.1 Å². The normalized spacial score (nSPS) is 16.3. The first kappa shape index (κ1) is 19.9. The summed E-state index contributed by atoms with van der Waals surface area (Å²) in [6, 6.07) is 15.3. The van der Waals surface area contributed by atoms with Gasteiger partial charge in [0.15, 0.2) is 0 Å². The molecule has 0 bridgehead atoms. The highest BCUT2D eigenvalue weighted by Gasteiger charge is 2.29. The summed E-state index contributed by atoms with van der Waals surface area (Å²) in [5.74, 6) is 1.86. The van der Waals surface area contributed by atoms with Gasteiger partial charge < -0.3 is 19.5 Å². The molecular weight excluding hydrogens is 380 g/mol. The van der Waals surface area contributed by atoms with E-state index in [0.29, 0.717) is 42.8 Å². The first-order chi connectivity index (χ1) is 14.6. The Bertz CT molecular complexity index is 1020. The molecule has 30 heavy (non-hydrogen) atoms. The molecule has 1 N–H and O–H groups in total. The first-order valence-corrected chi connectivity index (χ1v) is 10.3. The number of rotatable bonds is 5. The Morgan fingerprint density at radius 1 is 1.27 bits per heavy atom. The minimum Gasteiger partial charge on any atom is -0.492 e. The summed E-state index contributed by atoms with van der Waals surface area (Å²) in [4.78, 5) is 19.3. The van der Waals surface area contributed by atoms with Gasteiger partial charge in [0, 0.05) is 18.7 Å². The number of amides is 2. The highest BCUT2D eigenvalue weighted by atomic mass is 16.5. The zero-order valence-electron chi connectivity index (χ0n) is 17.3. The second-order valence-corrected chi connectivity index (χ2v) is 7.47. The molecular formula is C23H26N4O3. The number of aryl methyl sites for hydroxylation is 1. The van der Waals surface area contributed by atoms with Crippen LogP contribution in [0, 0.1) is 6.92 Å². The van der Waals surface area contributed by atoms with Gasteiger partial charge in [0.2, 0.25) is 11.7 Å². The number of carbonyl (C=O) groups is 1. The number of anilines is 1. The number of urea groups is 1. The molecule has 1 aliphatic heterocycles. The molecule has 2 heterocycles. The third-order valence-corrected chi connectivity index (χ3v) is 5.20. The van der Waals surface area contributed by atoms with E-state index in [0.717, 1.165) is 24.0 Å². The Morgan fingerprint density at radius 3 is 2.97 bits per heavy atom. The van der Waals surface area contributed by atoms with Crippen LogP contribution in [0.25, 0.3) is 11.4 Å². The van der Waals surface area contributed by atoms with Crippen molar-refractivity contribution in [2.75, 3.05) is 25.0 Å². The Morgan fingerprint density at radius 2 is 2.13 bits per heavy atom. The van der Waals surface area contributed by atoms with Crippen molar-refractivity contribution in [1.82, 2.24) is 15.0 Å². The van der Waals surface area contributed by atoms with E-state index in [1.807, 2.05) is 62.4 Å². The van der Waals surface area contributed by atoms with Crippen molar-refractivity contribution in [3.63, 3.8) is 0 Å².